The van der Waals surface area contributed by atoms with Crippen molar-refractivity contribution in [3.63, 3.8) is 0 Å². The van der Waals surface area contributed by atoms with E-state index in [4.69, 9.17) is 15.1 Å². The average Bonchev–Trinajstić information content (AvgIpc) is 2.81. The molecule has 0 radical (unpaired) electrons. The van der Waals surface area contributed by atoms with Gasteiger partial charge in [-0.15, -0.1) is 0 Å². The van der Waals surface area contributed by atoms with Crippen LogP contribution in [0.2, 0.25) is 0 Å². The molecule has 3 heterocycles. The van der Waals surface area contributed by atoms with Crippen LogP contribution in [0, 0.1) is 25.2 Å². The molecule has 2 fully saturated rings. The van der Waals surface area contributed by atoms with E-state index in [2.05, 4.69) is 15.5 Å². The van der Waals surface area contributed by atoms with Gasteiger partial charge in [0.1, 0.15) is 17.3 Å². The Balaban J connectivity index is 1.89. The highest BCUT2D eigenvalue weighted by Crippen LogP contribution is 2.32. The second kappa shape index (κ2) is 11.9. The molecule has 1 aromatic rings. The molecule has 1 unspecified atom stereocenters. The Morgan fingerprint density at radius 2 is 1.82 bits per heavy atom. The number of anilines is 1. The molecule has 1 amide bonds. The summed E-state index contributed by atoms with van der Waals surface area (Å²) in [6.45, 7) is 12.3. The normalized spacial score (nSPS) is 19.2. The molecule has 2 aliphatic heterocycles. The van der Waals surface area contributed by atoms with Gasteiger partial charge in [0.15, 0.2) is 0 Å². The first-order valence-electron chi connectivity index (χ1n) is 12.5. The minimum atomic E-state index is -0.365. The Bertz CT molecular complexity index is 918. The summed E-state index contributed by atoms with van der Waals surface area (Å²) >= 11 is 0. The third kappa shape index (κ3) is 6.42. The molecule has 188 valence electrons. The van der Waals surface area contributed by atoms with Crippen LogP contribution in [0.1, 0.15) is 80.1 Å². The van der Waals surface area contributed by atoms with Crippen LogP contribution in [0.3, 0.4) is 0 Å². The molecule has 0 aromatic carbocycles. The first-order valence-corrected chi connectivity index (χ1v) is 12.5. The zero-order valence-electron chi connectivity index (χ0n) is 21.3. The largest absolute Gasteiger partial charge is 0.381 e. The molecule has 2 saturated heterocycles. The molecule has 3 N–H and O–H groups in total. The van der Waals surface area contributed by atoms with Crippen LogP contribution in [-0.2, 0) is 4.74 Å². The van der Waals surface area contributed by atoms with Crippen molar-refractivity contribution in [3.05, 3.63) is 28.5 Å². The van der Waals surface area contributed by atoms with E-state index in [1.54, 1.807) is 6.08 Å². The molecule has 0 spiro atoms. The number of carbonyl (C=O) groups is 1. The third-order valence-corrected chi connectivity index (χ3v) is 7.05. The van der Waals surface area contributed by atoms with E-state index in [1.165, 1.54) is 6.92 Å². The number of rotatable bonds is 7. The zero-order chi connectivity index (χ0) is 24.8. The van der Waals surface area contributed by atoms with Gasteiger partial charge in [-0.3, -0.25) is 10.2 Å². The van der Waals surface area contributed by atoms with Gasteiger partial charge in [-0.25, -0.2) is 9.37 Å². The quantitative estimate of drug-likeness (QED) is 0.400. The lowest BCUT2D eigenvalue weighted by Crippen LogP contribution is -2.48. The van der Waals surface area contributed by atoms with Crippen LogP contribution in [0.15, 0.2) is 6.08 Å². The SMILES string of the molecule is CCC(C)/C=C(/F)c1nc(N2CCC(NC3CCOCC3)CC2)c(C(=O)NC(C)=N)c(C)c1C. The lowest BCUT2D eigenvalue weighted by atomic mass is 9.97. The number of aromatic nitrogens is 1. The molecule has 34 heavy (non-hydrogen) atoms. The van der Waals surface area contributed by atoms with Crippen LogP contribution in [0.25, 0.3) is 5.83 Å². The van der Waals surface area contributed by atoms with E-state index < -0.39 is 0 Å². The van der Waals surface area contributed by atoms with Crippen molar-refractivity contribution in [2.45, 2.75) is 78.8 Å². The lowest BCUT2D eigenvalue weighted by molar-refractivity contribution is 0.0738. The number of carbonyl (C=O) groups excluding carboxylic acids is 1. The molecule has 3 rings (SSSR count). The van der Waals surface area contributed by atoms with E-state index in [-0.39, 0.29) is 23.5 Å². The van der Waals surface area contributed by atoms with Crippen molar-refractivity contribution in [1.29, 1.82) is 5.41 Å². The van der Waals surface area contributed by atoms with E-state index in [0.29, 0.717) is 40.3 Å². The van der Waals surface area contributed by atoms with Crippen molar-refractivity contribution in [1.82, 2.24) is 15.6 Å². The Morgan fingerprint density at radius 3 is 2.41 bits per heavy atom. The zero-order valence-corrected chi connectivity index (χ0v) is 21.3. The number of amidine groups is 1. The van der Waals surface area contributed by atoms with Crippen LogP contribution < -0.4 is 15.5 Å². The number of ether oxygens (including phenoxy) is 1. The maximum Gasteiger partial charge on any atom is 0.260 e. The molecule has 8 heteroatoms. The molecule has 0 aliphatic carbocycles. The third-order valence-electron chi connectivity index (χ3n) is 7.05. The fourth-order valence-electron chi connectivity index (χ4n) is 4.65. The number of nitrogens with zero attached hydrogens (tertiary/aromatic N) is 2. The summed E-state index contributed by atoms with van der Waals surface area (Å²) in [6, 6.07) is 0.904. The fraction of sp³-hybridized carbons (Fsp3) is 0.654. The molecular formula is C26H40FN5O2. The maximum absolute atomic E-state index is 15.3. The highest BCUT2D eigenvalue weighted by molar-refractivity contribution is 6.08. The number of pyridine rings is 1. The van der Waals surface area contributed by atoms with Crippen LogP contribution in [-0.4, -0.2) is 55.1 Å². The highest BCUT2D eigenvalue weighted by Gasteiger charge is 2.29. The predicted octanol–water partition coefficient (Wildman–Crippen LogP) is 4.52. The second-order valence-electron chi connectivity index (χ2n) is 9.70. The van der Waals surface area contributed by atoms with Gasteiger partial charge < -0.3 is 20.3 Å². The van der Waals surface area contributed by atoms with Crippen molar-refractivity contribution < 1.29 is 13.9 Å². The molecule has 0 bridgehead atoms. The predicted molar refractivity (Wildman–Crippen MR) is 135 cm³/mol. The summed E-state index contributed by atoms with van der Waals surface area (Å²) in [5, 5.41) is 14.1. The number of amides is 1. The molecule has 0 saturated carbocycles. The second-order valence-corrected chi connectivity index (χ2v) is 9.70. The minimum Gasteiger partial charge on any atom is -0.381 e. The van der Waals surface area contributed by atoms with Crippen molar-refractivity contribution in [3.8, 4) is 0 Å². The Morgan fingerprint density at radius 1 is 1.21 bits per heavy atom. The summed E-state index contributed by atoms with van der Waals surface area (Å²) in [7, 11) is 0. The lowest BCUT2D eigenvalue weighted by Gasteiger charge is -2.37. The summed E-state index contributed by atoms with van der Waals surface area (Å²) < 4.78 is 20.7. The molecule has 7 nitrogen and oxygen atoms in total. The topological polar surface area (TPSA) is 90.3 Å². The van der Waals surface area contributed by atoms with Gasteiger partial charge in [0, 0.05) is 38.4 Å². The summed E-state index contributed by atoms with van der Waals surface area (Å²) in [6.07, 6.45) is 6.39. The van der Waals surface area contributed by atoms with Gasteiger partial charge >= 0.3 is 0 Å². The summed E-state index contributed by atoms with van der Waals surface area (Å²) in [5.41, 5.74) is 2.09. The summed E-state index contributed by atoms with van der Waals surface area (Å²) in [5.74, 6) is -0.0350. The number of nitrogens with one attached hydrogen (secondary N) is 3. The van der Waals surface area contributed by atoms with Gasteiger partial charge in [0.2, 0.25) is 0 Å². The number of piperidine rings is 1. The van der Waals surface area contributed by atoms with E-state index in [9.17, 15) is 4.79 Å². The monoisotopic (exact) mass is 473 g/mol. The number of allylic oxidation sites excluding steroid dienone is 1. The smallest absolute Gasteiger partial charge is 0.260 e. The first-order chi connectivity index (χ1) is 16.2. The standard InChI is InChI=1S/C26H40FN5O2/c1-6-16(2)15-22(27)24-18(4)17(3)23(26(33)29-19(5)28)25(31-24)32-11-7-20(8-12-32)30-21-9-13-34-14-10-21/h15-16,20-21,30H,6-14H2,1-5H3,(H2,28,29,33)/b22-15+. The van der Waals surface area contributed by atoms with Gasteiger partial charge in [-0.05, 0) is 76.0 Å². The average molecular weight is 474 g/mol. The summed E-state index contributed by atoms with van der Waals surface area (Å²) in [4.78, 5) is 19.9. The van der Waals surface area contributed by atoms with Crippen LogP contribution >= 0.6 is 0 Å². The van der Waals surface area contributed by atoms with Gasteiger partial charge in [0.25, 0.3) is 5.91 Å². The van der Waals surface area contributed by atoms with Crippen LogP contribution in [0.4, 0.5) is 10.2 Å². The van der Waals surface area contributed by atoms with Gasteiger partial charge in [-0.2, -0.15) is 0 Å². The van der Waals surface area contributed by atoms with Crippen molar-refractivity contribution >= 4 is 23.4 Å². The van der Waals surface area contributed by atoms with Crippen molar-refractivity contribution in [2.75, 3.05) is 31.2 Å². The Labute approximate surface area is 203 Å². The van der Waals surface area contributed by atoms with Crippen molar-refractivity contribution in [2.24, 2.45) is 5.92 Å². The van der Waals surface area contributed by atoms with Crippen LogP contribution in [0.5, 0.6) is 0 Å². The number of hydrogen-bond acceptors (Lipinski definition) is 6. The van der Waals surface area contributed by atoms with Gasteiger partial charge in [-0.1, -0.05) is 13.8 Å². The molecule has 1 aromatic heterocycles. The maximum atomic E-state index is 15.3. The fourth-order valence-corrected chi connectivity index (χ4v) is 4.65. The molecule has 1 atom stereocenters. The van der Waals surface area contributed by atoms with Gasteiger partial charge in [0.05, 0.1) is 11.4 Å². The molecular weight excluding hydrogens is 433 g/mol. The Kier molecular flexibility index (Phi) is 9.19. The Hall–Kier alpha value is -2.32. The van der Waals surface area contributed by atoms with E-state index >= 15 is 4.39 Å². The number of halogens is 1. The van der Waals surface area contributed by atoms with E-state index in [1.807, 2.05) is 27.7 Å². The minimum absolute atomic E-state index is 0.0688. The first kappa shape index (κ1) is 26.3. The molecule has 2 aliphatic rings. The highest BCUT2D eigenvalue weighted by atomic mass is 19.1. The number of hydrogen-bond donors (Lipinski definition) is 3. The van der Waals surface area contributed by atoms with E-state index in [0.717, 1.165) is 58.4 Å².